The minimum absolute atomic E-state index is 0.0351. The second-order valence-electron chi connectivity index (χ2n) is 8.43. The van der Waals surface area contributed by atoms with Crippen LogP contribution in [-0.4, -0.2) is 41.1 Å². The predicted molar refractivity (Wildman–Crippen MR) is 125 cm³/mol. The van der Waals surface area contributed by atoms with Crippen LogP contribution >= 0.6 is 12.6 Å². The number of likely N-dealkylation sites (tertiary alicyclic amines) is 1. The number of nitrogens with zero attached hydrogens (tertiary/aromatic N) is 1. The lowest BCUT2D eigenvalue weighted by Gasteiger charge is -2.30. The molecule has 2 aromatic carbocycles. The molecule has 1 aliphatic heterocycles. The van der Waals surface area contributed by atoms with Crippen molar-refractivity contribution in [1.82, 2.24) is 10.2 Å². The molecule has 160 valence electrons. The maximum atomic E-state index is 13.2. The first-order valence-electron chi connectivity index (χ1n) is 10.8. The van der Waals surface area contributed by atoms with E-state index in [0.717, 1.165) is 19.3 Å². The molecule has 3 atom stereocenters. The van der Waals surface area contributed by atoms with Crippen molar-refractivity contribution in [3.63, 3.8) is 0 Å². The Kier molecular flexibility index (Phi) is 7.97. The summed E-state index contributed by atoms with van der Waals surface area (Å²) in [5.74, 6) is 0.144. The van der Waals surface area contributed by atoms with Gasteiger partial charge < -0.3 is 10.2 Å². The summed E-state index contributed by atoms with van der Waals surface area (Å²) in [4.78, 5) is 28.0. The Morgan fingerprint density at radius 3 is 2.23 bits per heavy atom. The second-order valence-corrected chi connectivity index (χ2v) is 8.99. The number of amides is 2. The van der Waals surface area contributed by atoms with Crippen molar-refractivity contribution in [2.45, 2.75) is 44.4 Å². The van der Waals surface area contributed by atoms with Gasteiger partial charge in [-0.25, -0.2) is 0 Å². The fraction of sp³-hybridized carbons (Fsp3) is 0.440. The molecule has 1 aliphatic rings. The Hall–Kier alpha value is -2.27. The molecular weight excluding hydrogens is 392 g/mol. The van der Waals surface area contributed by atoms with E-state index in [2.05, 4.69) is 42.2 Å². The van der Waals surface area contributed by atoms with Gasteiger partial charge in [0.1, 0.15) is 6.04 Å². The summed E-state index contributed by atoms with van der Waals surface area (Å²) in [5, 5.41) is 2.70. The zero-order chi connectivity index (χ0) is 21.5. The second kappa shape index (κ2) is 10.7. The number of carbonyl (C=O) groups excluding carboxylic acids is 2. The van der Waals surface area contributed by atoms with Gasteiger partial charge >= 0.3 is 0 Å². The van der Waals surface area contributed by atoms with Gasteiger partial charge in [-0.3, -0.25) is 9.59 Å². The number of thiol groups is 1. The van der Waals surface area contributed by atoms with Crippen molar-refractivity contribution >= 4 is 24.4 Å². The highest BCUT2D eigenvalue weighted by molar-refractivity contribution is 7.81. The lowest BCUT2D eigenvalue weighted by Crippen LogP contribution is -2.51. The van der Waals surface area contributed by atoms with Crippen molar-refractivity contribution in [3.8, 4) is 0 Å². The molecule has 3 unspecified atom stereocenters. The minimum atomic E-state index is -0.443. The van der Waals surface area contributed by atoms with E-state index in [1.54, 1.807) is 4.90 Å². The SMILES string of the molecule is CC(C)C(S)C(=O)N1CCC(Cc2ccccc2)C1C(=O)NCCc1ccccc1. The van der Waals surface area contributed by atoms with Crippen LogP contribution in [0.3, 0.4) is 0 Å². The van der Waals surface area contributed by atoms with Gasteiger partial charge in [-0.1, -0.05) is 74.5 Å². The highest BCUT2D eigenvalue weighted by Gasteiger charge is 2.43. The van der Waals surface area contributed by atoms with Gasteiger partial charge in [0.2, 0.25) is 11.8 Å². The van der Waals surface area contributed by atoms with Crippen LogP contribution in [0.1, 0.15) is 31.4 Å². The molecule has 1 N–H and O–H groups in total. The molecule has 5 heteroatoms. The number of nitrogens with one attached hydrogen (secondary N) is 1. The van der Waals surface area contributed by atoms with E-state index in [-0.39, 0.29) is 28.9 Å². The lowest BCUT2D eigenvalue weighted by atomic mass is 9.91. The monoisotopic (exact) mass is 424 g/mol. The summed E-state index contributed by atoms with van der Waals surface area (Å²) in [6.07, 6.45) is 2.40. The molecular formula is C25H32N2O2S. The third-order valence-electron chi connectivity index (χ3n) is 5.86. The Morgan fingerprint density at radius 1 is 1.03 bits per heavy atom. The molecule has 0 saturated carbocycles. The van der Waals surface area contributed by atoms with Gasteiger partial charge in [0.05, 0.1) is 5.25 Å². The molecule has 0 aromatic heterocycles. The number of benzene rings is 2. The molecule has 0 radical (unpaired) electrons. The van der Waals surface area contributed by atoms with Gasteiger partial charge in [-0.05, 0) is 42.2 Å². The van der Waals surface area contributed by atoms with E-state index in [4.69, 9.17) is 0 Å². The van der Waals surface area contributed by atoms with E-state index >= 15 is 0 Å². The number of hydrogen-bond acceptors (Lipinski definition) is 3. The third-order valence-corrected chi connectivity index (χ3v) is 6.67. The van der Waals surface area contributed by atoms with Crippen LogP contribution in [0.5, 0.6) is 0 Å². The smallest absolute Gasteiger partial charge is 0.243 e. The molecule has 1 saturated heterocycles. The molecule has 2 amide bonds. The van der Waals surface area contributed by atoms with Crippen LogP contribution in [-0.2, 0) is 22.4 Å². The summed E-state index contributed by atoms with van der Waals surface area (Å²) in [7, 11) is 0. The Balaban J connectivity index is 1.71. The minimum Gasteiger partial charge on any atom is -0.354 e. The molecule has 0 spiro atoms. The van der Waals surface area contributed by atoms with Crippen molar-refractivity contribution < 1.29 is 9.59 Å². The maximum absolute atomic E-state index is 13.2. The van der Waals surface area contributed by atoms with Crippen LogP contribution in [0, 0.1) is 11.8 Å². The predicted octanol–water partition coefficient (Wildman–Crippen LogP) is 3.76. The number of rotatable bonds is 8. The quantitative estimate of drug-likeness (QED) is 0.634. The first-order chi connectivity index (χ1) is 14.5. The highest BCUT2D eigenvalue weighted by Crippen LogP contribution is 2.30. The van der Waals surface area contributed by atoms with E-state index in [9.17, 15) is 9.59 Å². The van der Waals surface area contributed by atoms with Crippen molar-refractivity contribution in [1.29, 1.82) is 0 Å². The van der Waals surface area contributed by atoms with Gasteiger partial charge in [-0.2, -0.15) is 12.6 Å². The summed E-state index contributed by atoms with van der Waals surface area (Å²) >= 11 is 4.53. The average molecular weight is 425 g/mol. The summed E-state index contributed by atoms with van der Waals surface area (Å²) in [6, 6.07) is 19.9. The molecule has 30 heavy (non-hydrogen) atoms. The molecule has 0 bridgehead atoms. The molecule has 1 fully saturated rings. The lowest BCUT2D eigenvalue weighted by molar-refractivity contribution is -0.139. The molecule has 0 aliphatic carbocycles. The zero-order valence-corrected chi connectivity index (χ0v) is 18.7. The molecule has 3 rings (SSSR count). The number of carbonyl (C=O) groups is 2. The topological polar surface area (TPSA) is 49.4 Å². The van der Waals surface area contributed by atoms with Crippen LogP contribution in [0.2, 0.25) is 0 Å². The van der Waals surface area contributed by atoms with Gasteiger partial charge in [0.15, 0.2) is 0 Å². The largest absolute Gasteiger partial charge is 0.354 e. The zero-order valence-electron chi connectivity index (χ0n) is 17.8. The fourth-order valence-electron chi connectivity index (χ4n) is 4.12. The molecule has 4 nitrogen and oxygen atoms in total. The van der Waals surface area contributed by atoms with Gasteiger partial charge in [0.25, 0.3) is 0 Å². The van der Waals surface area contributed by atoms with Gasteiger partial charge in [-0.15, -0.1) is 0 Å². The summed E-state index contributed by atoms with van der Waals surface area (Å²) < 4.78 is 0. The van der Waals surface area contributed by atoms with E-state index in [1.165, 1.54) is 11.1 Å². The third kappa shape index (κ3) is 5.66. The average Bonchev–Trinajstić information content (AvgIpc) is 3.17. The van der Waals surface area contributed by atoms with Crippen LogP contribution in [0.25, 0.3) is 0 Å². The Morgan fingerprint density at radius 2 is 1.63 bits per heavy atom. The van der Waals surface area contributed by atoms with E-state index in [1.807, 2.05) is 50.2 Å². The maximum Gasteiger partial charge on any atom is 0.243 e. The van der Waals surface area contributed by atoms with Crippen LogP contribution in [0.15, 0.2) is 60.7 Å². The normalized spacial score (nSPS) is 19.7. The Labute approximate surface area is 185 Å². The van der Waals surface area contributed by atoms with Crippen molar-refractivity contribution in [3.05, 3.63) is 71.8 Å². The van der Waals surface area contributed by atoms with Gasteiger partial charge in [0, 0.05) is 13.1 Å². The van der Waals surface area contributed by atoms with Crippen LogP contribution in [0.4, 0.5) is 0 Å². The van der Waals surface area contributed by atoms with Crippen molar-refractivity contribution in [2.75, 3.05) is 13.1 Å². The fourth-order valence-corrected chi connectivity index (χ4v) is 4.27. The van der Waals surface area contributed by atoms with Crippen LogP contribution < -0.4 is 5.32 Å². The standard InChI is InChI=1S/C25H32N2O2S/c1-18(2)23(30)25(29)27-16-14-21(17-20-11-7-4-8-12-20)22(27)24(28)26-15-13-19-9-5-3-6-10-19/h3-12,18,21-23,30H,13-17H2,1-2H3,(H,26,28). The van der Waals surface area contributed by atoms with Crippen molar-refractivity contribution in [2.24, 2.45) is 11.8 Å². The molecule has 1 heterocycles. The highest BCUT2D eigenvalue weighted by atomic mass is 32.1. The van der Waals surface area contributed by atoms with E-state index < -0.39 is 6.04 Å². The number of hydrogen-bond donors (Lipinski definition) is 2. The first kappa shape index (κ1) is 22.4. The first-order valence-corrected chi connectivity index (χ1v) is 11.3. The molecule has 2 aromatic rings. The Bertz CT molecular complexity index is 826. The van der Waals surface area contributed by atoms with E-state index in [0.29, 0.717) is 13.1 Å². The summed E-state index contributed by atoms with van der Waals surface area (Å²) in [5.41, 5.74) is 2.39. The summed E-state index contributed by atoms with van der Waals surface area (Å²) in [6.45, 7) is 5.15.